The second-order valence-electron chi connectivity index (χ2n) is 5.80. The molecule has 1 N–H and O–H groups in total. The number of thiazole rings is 1. The zero-order chi connectivity index (χ0) is 19.1. The van der Waals surface area contributed by atoms with Gasteiger partial charge < -0.3 is 10.1 Å². The van der Waals surface area contributed by atoms with Gasteiger partial charge in [-0.2, -0.15) is 0 Å². The van der Waals surface area contributed by atoms with Crippen LogP contribution < -0.4 is 5.32 Å². The number of pyridine rings is 1. The second-order valence-corrected chi connectivity index (χ2v) is 6.66. The highest BCUT2D eigenvalue weighted by Crippen LogP contribution is 2.21. The summed E-state index contributed by atoms with van der Waals surface area (Å²) in [5.74, 6) is -0.534. The highest BCUT2D eigenvalue weighted by molar-refractivity contribution is 7.13. The van der Waals surface area contributed by atoms with E-state index < -0.39 is 0 Å². The Morgan fingerprint density at radius 1 is 1.15 bits per heavy atom. The lowest BCUT2D eigenvalue weighted by atomic mass is 10.2. The number of nitrogens with zero attached hydrogens (tertiary/aromatic N) is 2. The molecule has 6 nitrogen and oxygen atoms in total. The standard InChI is InChI=1S/C20H19N3O3S/c1-2-11-26-20(25)14-6-8-15(9-7-14)22-18(24)12-16-13-27-19(23-16)17-5-3-4-10-21-17/h3-10,13H,2,11-12H2,1H3,(H,22,24). The Labute approximate surface area is 161 Å². The lowest BCUT2D eigenvalue weighted by Crippen LogP contribution is -2.14. The molecular formula is C20H19N3O3S. The summed E-state index contributed by atoms with van der Waals surface area (Å²) in [6.07, 6.45) is 2.66. The number of ether oxygens (including phenoxy) is 1. The molecule has 2 heterocycles. The molecule has 0 aliphatic heterocycles. The van der Waals surface area contributed by atoms with Crippen molar-refractivity contribution >= 4 is 28.9 Å². The minimum atomic E-state index is -0.362. The van der Waals surface area contributed by atoms with E-state index in [1.54, 1.807) is 30.5 Å². The lowest BCUT2D eigenvalue weighted by molar-refractivity contribution is -0.115. The van der Waals surface area contributed by atoms with Crippen molar-refractivity contribution in [2.75, 3.05) is 11.9 Å². The van der Waals surface area contributed by atoms with Crippen LogP contribution in [-0.4, -0.2) is 28.5 Å². The minimum Gasteiger partial charge on any atom is -0.462 e. The summed E-state index contributed by atoms with van der Waals surface area (Å²) in [6, 6.07) is 12.3. The minimum absolute atomic E-state index is 0.170. The van der Waals surface area contributed by atoms with E-state index in [1.165, 1.54) is 11.3 Å². The fourth-order valence-corrected chi connectivity index (χ4v) is 3.13. The van der Waals surface area contributed by atoms with Crippen LogP contribution in [0.15, 0.2) is 54.0 Å². The van der Waals surface area contributed by atoms with Gasteiger partial charge in [-0.05, 0) is 42.8 Å². The molecule has 138 valence electrons. The van der Waals surface area contributed by atoms with Gasteiger partial charge in [0.15, 0.2) is 0 Å². The van der Waals surface area contributed by atoms with Crippen LogP contribution in [0.5, 0.6) is 0 Å². The topological polar surface area (TPSA) is 81.2 Å². The largest absolute Gasteiger partial charge is 0.462 e. The number of hydrogen-bond donors (Lipinski definition) is 1. The molecule has 0 unspecified atom stereocenters. The molecule has 27 heavy (non-hydrogen) atoms. The molecular weight excluding hydrogens is 362 g/mol. The molecule has 0 fully saturated rings. The van der Waals surface area contributed by atoms with Gasteiger partial charge in [-0.25, -0.2) is 9.78 Å². The Hall–Kier alpha value is -3.06. The summed E-state index contributed by atoms with van der Waals surface area (Å²) in [5.41, 5.74) is 2.56. The van der Waals surface area contributed by atoms with Crippen LogP contribution >= 0.6 is 11.3 Å². The molecule has 0 aliphatic rings. The van der Waals surface area contributed by atoms with Gasteiger partial charge in [-0.1, -0.05) is 13.0 Å². The van der Waals surface area contributed by atoms with Crippen molar-refractivity contribution in [1.82, 2.24) is 9.97 Å². The molecule has 7 heteroatoms. The summed E-state index contributed by atoms with van der Waals surface area (Å²) in [6.45, 7) is 2.33. The first-order valence-electron chi connectivity index (χ1n) is 8.58. The van der Waals surface area contributed by atoms with Crippen LogP contribution in [0, 0.1) is 0 Å². The van der Waals surface area contributed by atoms with E-state index in [-0.39, 0.29) is 18.3 Å². The van der Waals surface area contributed by atoms with E-state index in [2.05, 4.69) is 15.3 Å². The first-order chi connectivity index (χ1) is 13.2. The fourth-order valence-electron chi connectivity index (χ4n) is 2.33. The SMILES string of the molecule is CCCOC(=O)c1ccc(NC(=O)Cc2csc(-c3ccccn3)n2)cc1. The van der Waals surface area contributed by atoms with Gasteiger partial charge in [0.05, 0.1) is 30.0 Å². The average molecular weight is 381 g/mol. The van der Waals surface area contributed by atoms with Crippen LogP contribution in [0.2, 0.25) is 0 Å². The van der Waals surface area contributed by atoms with Gasteiger partial charge in [0.1, 0.15) is 5.01 Å². The maximum Gasteiger partial charge on any atom is 0.338 e. The van der Waals surface area contributed by atoms with Gasteiger partial charge in [0.25, 0.3) is 0 Å². The molecule has 0 saturated carbocycles. The Balaban J connectivity index is 1.56. The Morgan fingerprint density at radius 2 is 1.96 bits per heavy atom. The molecule has 0 radical (unpaired) electrons. The number of benzene rings is 1. The van der Waals surface area contributed by atoms with Crippen molar-refractivity contribution in [2.24, 2.45) is 0 Å². The third-order valence-corrected chi connectivity index (χ3v) is 4.53. The Morgan fingerprint density at radius 3 is 2.67 bits per heavy atom. The predicted molar refractivity (Wildman–Crippen MR) is 105 cm³/mol. The Kier molecular flexibility index (Phi) is 6.27. The molecule has 0 spiro atoms. The first-order valence-corrected chi connectivity index (χ1v) is 9.46. The third kappa shape index (κ3) is 5.21. The third-order valence-electron chi connectivity index (χ3n) is 3.62. The van der Waals surface area contributed by atoms with Gasteiger partial charge in [0, 0.05) is 17.3 Å². The van der Waals surface area contributed by atoms with Crippen LogP contribution in [0.3, 0.4) is 0 Å². The van der Waals surface area contributed by atoms with Crippen molar-refractivity contribution in [3.8, 4) is 10.7 Å². The van der Waals surface area contributed by atoms with Crippen LogP contribution in [0.1, 0.15) is 29.4 Å². The highest BCUT2D eigenvalue weighted by Gasteiger charge is 2.11. The van der Waals surface area contributed by atoms with Gasteiger partial charge in [-0.3, -0.25) is 9.78 Å². The van der Waals surface area contributed by atoms with E-state index in [0.717, 1.165) is 17.1 Å². The van der Waals surface area contributed by atoms with Crippen LogP contribution in [0.25, 0.3) is 10.7 Å². The van der Waals surface area contributed by atoms with Crippen molar-refractivity contribution in [1.29, 1.82) is 0 Å². The molecule has 0 bridgehead atoms. The number of aromatic nitrogens is 2. The smallest absolute Gasteiger partial charge is 0.338 e. The molecule has 3 rings (SSSR count). The number of esters is 1. The van der Waals surface area contributed by atoms with Crippen molar-refractivity contribution in [2.45, 2.75) is 19.8 Å². The van der Waals surface area contributed by atoms with E-state index in [9.17, 15) is 9.59 Å². The van der Waals surface area contributed by atoms with Crippen molar-refractivity contribution < 1.29 is 14.3 Å². The molecule has 0 atom stereocenters. The van der Waals surface area contributed by atoms with Gasteiger partial charge >= 0.3 is 5.97 Å². The van der Waals surface area contributed by atoms with E-state index >= 15 is 0 Å². The second kappa shape index (κ2) is 9.05. The fraction of sp³-hybridized carbons (Fsp3) is 0.200. The molecule has 1 aromatic carbocycles. The zero-order valence-corrected chi connectivity index (χ0v) is 15.7. The summed E-state index contributed by atoms with van der Waals surface area (Å²) < 4.78 is 5.08. The zero-order valence-electron chi connectivity index (χ0n) is 14.8. The molecule has 1 amide bonds. The summed E-state index contributed by atoms with van der Waals surface area (Å²) in [7, 11) is 0. The van der Waals surface area contributed by atoms with E-state index in [0.29, 0.717) is 23.6 Å². The summed E-state index contributed by atoms with van der Waals surface area (Å²) >= 11 is 1.46. The number of carbonyl (C=O) groups is 2. The number of anilines is 1. The van der Waals surface area contributed by atoms with Gasteiger partial charge in [0.2, 0.25) is 5.91 Å². The molecule has 0 saturated heterocycles. The predicted octanol–water partition coefficient (Wildman–Crippen LogP) is 3.95. The number of amides is 1. The van der Waals surface area contributed by atoms with E-state index in [4.69, 9.17) is 4.74 Å². The van der Waals surface area contributed by atoms with Gasteiger partial charge in [-0.15, -0.1) is 11.3 Å². The summed E-state index contributed by atoms with van der Waals surface area (Å²) in [4.78, 5) is 32.7. The van der Waals surface area contributed by atoms with Crippen LogP contribution in [0.4, 0.5) is 5.69 Å². The maximum absolute atomic E-state index is 12.2. The quantitative estimate of drug-likeness (QED) is 0.627. The summed E-state index contributed by atoms with van der Waals surface area (Å²) in [5, 5.41) is 5.45. The number of hydrogen-bond acceptors (Lipinski definition) is 6. The average Bonchev–Trinajstić information content (AvgIpc) is 3.15. The maximum atomic E-state index is 12.2. The van der Waals surface area contributed by atoms with E-state index in [1.807, 2.05) is 30.5 Å². The molecule has 3 aromatic rings. The Bertz CT molecular complexity index is 908. The molecule has 0 aliphatic carbocycles. The van der Waals surface area contributed by atoms with Crippen molar-refractivity contribution in [3.63, 3.8) is 0 Å². The van der Waals surface area contributed by atoms with Crippen molar-refractivity contribution in [3.05, 3.63) is 65.3 Å². The number of rotatable bonds is 7. The number of carbonyl (C=O) groups excluding carboxylic acids is 2. The number of nitrogens with one attached hydrogen (secondary N) is 1. The monoisotopic (exact) mass is 381 g/mol. The highest BCUT2D eigenvalue weighted by atomic mass is 32.1. The normalized spacial score (nSPS) is 10.4. The molecule has 2 aromatic heterocycles. The van der Waals surface area contributed by atoms with Crippen LogP contribution in [-0.2, 0) is 16.0 Å². The lowest BCUT2D eigenvalue weighted by Gasteiger charge is -2.06. The first kappa shape index (κ1) is 18.7.